The van der Waals surface area contributed by atoms with Gasteiger partial charge in [0, 0.05) is 11.0 Å². The summed E-state index contributed by atoms with van der Waals surface area (Å²) in [5, 5.41) is 0. The van der Waals surface area contributed by atoms with Gasteiger partial charge in [-0.1, -0.05) is 21.5 Å². The van der Waals surface area contributed by atoms with E-state index in [4.69, 9.17) is 5.84 Å². The topological polar surface area (TPSA) is 102 Å². The van der Waals surface area contributed by atoms with Crippen LogP contribution in [0.3, 0.4) is 0 Å². The number of benzene rings is 1. The number of carbonyl (C=O) groups is 3. The number of aryl methyl sites for hydroxylation is 1. The summed E-state index contributed by atoms with van der Waals surface area (Å²) < 4.78 is 0.725. The molecule has 0 unspecified atom stereocenters. The summed E-state index contributed by atoms with van der Waals surface area (Å²) in [6, 6.07) is 3.40. The van der Waals surface area contributed by atoms with E-state index < -0.39 is 17.7 Å². The molecule has 0 aromatic heterocycles. The van der Waals surface area contributed by atoms with Gasteiger partial charge in [0.2, 0.25) is 0 Å². The highest BCUT2D eigenvalue weighted by atomic mass is 79.9. The first-order valence-corrected chi connectivity index (χ1v) is 6.56. The molecule has 1 heterocycles. The second-order valence-corrected chi connectivity index (χ2v) is 5.16. The Morgan fingerprint density at radius 2 is 2.15 bits per heavy atom. The lowest BCUT2D eigenvalue weighted by Gasteiger charge is -2.17. The van der Waals surface area contributed by atoms with Crippen LogP contribution >= 0.6 is 15.9 Å². The summed E-state index contributed by atoms with van der Waals surface area (Å²) in [5.41, 5.74) is 3.43. The fourth-order valence-electron chi connectivity index (χ4n) is 2.14. The lowest BCUT2D eigenvalue weighted by Crippen LogP contribution is -2.34. The van der Waals surface area contributed by atoms with Crippen LogP contribution in [0.15, 0.2) is 16.6 Å². The van der Waals surface area contributed by atoms with Gasteiger partial charge >= 0.3 is 5.97 Å². The quantitative estimate of drug-likeness (QED) is 0.472. The molecule has 20 heavy (non-hydrogen) atoms. The summed E-state index contributed by atoms with van der Waals surface area (Å²) in [5.74, 6) is 3.01. The van der Waals surface area contributed by atoms with Crippen LogP contribution in [0.25, 0.3) is 0 Å². The van der Waals surface area contributed by atoms with Crippen molar-refractivity contribution in [1.82, 2.24) is 5.59 Å². The molecule has 0 atom stereocenters. The zero-order chi connectivity index (χ0) is 14.9. The monoisotopic (exact) mass is 341 g/mol. The van der Waals surface area contributed by atoms with E-state index in [9.17, 15) is 14.4 Å². The number of hydrogen-bond acceptors (Lipinski definition) is 6. The van der Waals surface area contributed by atoms with E-state index in [1.54, 1.807) is 24.6 Å². The predicted octanol–water partition coefficient (Wildman–Crippen LogP) is 0.598. The van der Waals surface area contributed by atoms with Gasteiger partial charge in [-0.25, -0.2) is 5.84 Å². The predicted molar refractivity (Wildman–Crippen MR) is 73.6 cm³/mol. The van der Waals surface area contributed by atoms with Crippen LogP contribution in [-0.2, 0) is 14.4 Å². The van der Waals surface area contributed by atoms with Crippen molar-refractivity contribution < 1.29 is 19.2 Å². The molecular formula is C12H12BrN3O4. The van der Waals surface area contributed by atoms with Crippen molar-refractivity contribution in [2.45, 2.75) is 13.3 Å². The number of amides is 1. The minimum absolute atomic E-state index is 0.0561. The maximum atomic E-state index is 12.0. The summed E-state index contributed by atoms with van der Waals surface area (Å²) in [4.78, 5) is 40.8. The van der Waals surface area contributed by atoms with E-state index in [1.807, 2.05) is 0 Å². The molecule has 2 rings (SSSR count). The number of hydrazine groups is 1. The Labute approximate surface area is 123 Å². The lowest BCUT2D eigenvalue weighted by molar-refractivity contribution is -0.150. The van der Waals surface area contributed by atoms with E-state index in [1.165, 1.54) is 4.90 Å². The Morgan fingerprint density at radius 3 is 2.80 bits per heavy atom. The number of anilines is 1. The highest BCUT2D eigenvalue weighted by Gasteiger charge is 2.37. The van der Waals surface area contributed by atoms with Gasteiger partial charge in [-0.15, -0.1) is 0 Å². The summed E-state index contributed by atoms with van der Waals surface area (Å²) in [6.45, 7) is 1.85. The minimum atomic E-state index is -0.644. The number of hydrogen-bond donors (Lipinski definition) is 2. The molecule has 0 aliphatic carbocycles. The summed E-state index contributed by atoms with van der Waals surface area (Å²) in [6.07, 6.45) is -0.0713. The third-order valence-corrected chi connectivity index (χ3v) is 3.39. The van der Waals surface area contributed by atoms with E-state index in [2.05, 4.69) is 20.8 Å². The van der Waals surface area contributed by atoms with Crippen molar-refractivity contribution in [3.63, 3.8) is 0 Å². The van der Waals surface area contributed by atoms with Gasteiger partial charge in [-0.3, -0.25) is 14.4 Å². The van der Waals surface area contributed by atoms with Crippen LogP contribution in [0.1, 0.15) is 22.3 Å². The maximum absolute atomic E-state index is 12.0. The van der Waals surface area contributed by atoms with Gasteiger partial charge in [0.15, 0.2) is 0 Å². The van der Waals surface area contributed by atoms with Crippen molar-refractivity contribution in [3.8, 4) is 0 Å². The van der Waals surface area contributed by atoms with E-state index >= 15 is 0 Å². The molecule has 7 nitrogen and oxygen atoms in total. The molecule has 0 bridgehead atoms. The van der Waals surface area contributed by atoms with E-state index in [0.29, 0.717) is 11.3 Å². The minimum Gasteiger partial charge on any atom is -0.356 e. The molecule has 1 aliphatic rings. The zero-order valence-electron chi connectivity index (χ0n) is 10.6. The zero-order valence-corrected chi connectivity index (χ0v) is 12.2. The average Bonchev–Trinajstić information content (AvgIpc) is 2.61. The van der Waals surface area contributed by atoms with Crippen LogP contribution in [-0.4, -0.2) is 24.2 Å². The number of nitrogens with one attached hydrogen (secondary N) is 1. The van der Waals surface area contributed by atoms with Crippen molar-refractivity contribution in [2.75, 3.05) is 11.4 Å². The van der Waals surface area contributed by atoms with Crippen molar-refractivity contribution in [2.24, 2.45) is 5.84 Å². The maximum Gasteiger partial charge on any atom is 0.328 e. The molecule has 8 heteroatoms. The van der Waals surface area contributed by atoms with Crippen LogP contribution in [0.4, 0.5) is 5.69 Å². The Balaban J connectivity index is 2.27. The van der Waals surface area contributed by atoms with Crippen molar-refractivity contribution >= 4 is 39.3 Å². The van der Waals surface area contributed by atoms with Gasteiger partial charge in [0.25, 0.3) is 11.7 Å². The SMILES string of the molecule is Cc1cc(Br)cc2c1N(CCC(=O)ONN)C(=O)C2=O. The molecule has 0 saturated carbocycles. The number of nitrogens with two attached hydrogens (primary N) is 1. The number of ketones is 1. The number of carbonyl (C=O) groups excluding carboxylic acids is 3. The van der Waals surface area contributed by atoms with Crippen LogP contribution in [0, 0.1) is 6.92 Å². The molecule has 3 N–H and O–H groups in total. The van der Waals surface area contributed by atoms with Crippen molar-refractivity contribution in [1.29, 1.82) is 0 Å². The average molecular weight is 342 g/mol. The second kappa shape index (κ2) is 5.70. The number of fused-ring (bicyclic) bond motifs is 1. The molecule has 1 aliphatic heterocycles. The molecule has 106 valence electrons. The smallest absolute Gasteiger partial charge is 0.328 e. The molecule has 1 aromatic carbocycles. The molecule has 0 spiro atoms. The summed E-state index contributed by atoms with van der Waals surface area (Å²) in [7, 11) is 0. The largest absolute Gasteiger partial charge is 0.356 e. The van der Waals surface area contributed by atoms with Gasteiger partial charge < -0.3 is 9.74 Å². The standard InChI is InChI=1S/C12H12BrN3O4/c1-6-4-7(13)5-8-10(6)16(12(19)11(8)18)3-2-9(17)20-15-14/h4-5,15H,2-3,14H2,1H3. The Kier molecular flexibility index (Phi) is 4.17. The fraction of sp³-hybridized carbons (Fsp3) is 0.250. The van der Waals surface area contributed by atoms with Crippen LogP contribution in [0.5, 0.6) is 0 Å². The molecule has 0 fully saturated rings. The van der Waals surface area contributed by atoms with Crippen molar-refractivity contribution in [3.05, 3.63) is 27.7 Å². The third kappa shape index (κ3) is 2.58. The molecule has 1 amide bonds. The van der Waals surface area contributed by atoms with Gasteiger partial charge in [0.1, 0.15) is 0 Å². The number of Topliss-reactive ketones (excluding diaryl/α,β-unsaturated/α-hetero) is 1. The number of nitrogens with zero attached hydrogens (tertiary/aromatic N) is 1. The van der Waals surface area contributed by atoms with E-state index in [0.717, 1.165) is 10.0 Å². The molecule has 1 aromatic rings. The number of halogens is 1. The Hall–Kier alpha value is -1.77. The van der Waals surface area contributed by atoms with Gasteiger partial charge in [-0.2, -0.15) is 0 Å². The third-order valence-electron chi connectivity index (χ3n) is 2.93. The summed E-state index contributed by atoms with van der Waals surface area (Å²) >= 11 is 3.29. The van der Waals surface area contributed by atoms with Gasteiger partial charge in [-0.05, 0) is 24.6 Å². The Bertz CT molecular complexity index is 603. The second-order valence-electron chi connectivity index (χ2n) is 4.25. The van der Waals surface area contributed by atoms with Gasteiger partial charge in [0.05, 0.1) is 17.7 Å². The van der Waals surface area contributed by atoms with Crippen LogP contribution < -0.4 is 16.3 Å². The van der Waals surface area contributed by atoms with E-state index in [-0.39, 0.29) is 13.0 Å². The first-order valence-electron chi connectivity index (χ1n) is 5.77. The first kappa shape index (κ1) is 14.6. The highest BCUT2D eigenvalue weighted by molar-refractivity contribution is 9.10. The first-order chi connectivity index (χ1) is 9.45. The molecule has 0 radical (unpaired) electrons. The molecule has 0 saturated heterocycles. The molecular weight excluding hydrogens is 330 g/mol. The fourth-order valence-corrected chi connectivity index (χ4v) is 2.71. The normalized spacial score (nSPS) is 13.7. The highest BCUT2D eigenvalue weighted by Crippen LogP contribution is 2.34. The van der Waals surface area contributed by atoms with Crippen LogP contribution in [0.2, 0.25) is 0 Å². The lowest BCUT2D eigenvalue weighted by atomic mass is 10.1. The Morgan fingerprint density at radius 1 is 1.45 bits per heavy atom. The number of rotatable bonds is 4.